The summed E-state index contributed by atoms with van der Waals surface area (Å²) in [4.78, 5) is 0. The fraction of sp³-hybridized carbons (Fsp3) is 0.900. The highest BCUT2D eigenvalue weighted by Gasteiger charge is 2.02. The summed E-state index contributed by atoms with van der Waals surface area (Å²) in [6, 6.07) is 0. The molecule has 150 valence electrons. The highest BCUT2D eigenvalue weighted by molar-refractivity contribution is 7.80. The summed E-state index contributed by atoms with van der Waals surface area (Å²) >= 11 is 0. The zero-order valence-electron chi connectivity index (χ0n) is 16.3. The maximum atomic E-state index is 10.3. The number of rotatable bonds is 19. The Morgan fingerprint density at radius 1 is 0.680 bits per heavy atom. The topological polar surface area (TPSA) is 63.6 Å². The minimum atomic E-state index is -4.25. The second-order valence-corrected chi connectivity index (χ2v) is 7.99. The average molecular weight is 377 g/mol. The molecule has 0 rings (SSSR count). The second-order valence-electron chi connectivity index (χ2n) is 6.89. The predicted octanol–water partition coefficient (Wildman–Crippen LogP) is 6.62. The molecule has 0 unspecified atom stereocenters. The van der Waals surface area contributed by atoms with Gasteiger partial charge in [-0.15, -0.1) is 0 Å². The summed E-state index contributed by atoms with van der Waals surface area (Å²) in [5.74, 6) is 0. The summed E-state index contributed by atoms with van der Waals surface area (Å²) in [7, 11) is -4.25. The molecule has 0 saturated heterocycles. The van der Waals surface area contributed by atoms with E-state index in [0.717, 1.165) is 12.8 Å². The Morgan fingerprint density at radius 2 is 1.08 bits per heavy atom. The van der Waals surface area contributed by atoms with E-state index in [2.05, 4.69) is 23.3 Å². The van der Waals surface area contributed by atoms with Gasteiger partial charge in [-0.2, -0.15) is 8.42 Å². The van der Waals surface area contributed by atoms with E-state index in [-0.39, 0.29) is 6.61 Å². The first-order chi connectivity index (χ1) is 12.1. The van der Waals surface area contributed by atoms with E-state index in [9.17, 15) is 8.42 Å². The lowest BCUT2D eigenvalue weighted by molar-refractivity contribution is 0.261. The van der Waals surface area contributed by atoms with E-state index >= 15 is 0 Å². The van der Waals surface area contributed by atoms with Gasteiger partial charge in [0.05, 0.1) is 6.61 Å². The minimum absolute atomic E-state index is 0.0872. The molecule has 0 spiro atoms. The lowest BCUT2D eigenvalue weighted by Gasteiger charge is -2.02. The van der Waals surface area contributed by atoms with Crippen LogP contribution in [0.1, 0.15) is 110 Å². The molecule has 0 aliphatic rings. The van der Waals surface area contributed by atoms with Gasteiger partial charge >= 0.3 is 10.4 Å². The van der Waals surface area contributed by atoms with Crippen LogP contribution in [0.4, 0.5) is 0 Å². The van der Waals surface area contributed by atoms with Crippen molar-refractivity contribution >= 4 is 10.4 Å². The largest absolute Gasteiger partial charge is 0.397 e. The molecule has 5 heteroatoms. The van der Waals surface area contributed by atoms with E-state index in [1.165, 1.54) is 83.5 Å². The minimum Gasteiger partial charge on any atom is -0.264 e. The van der Waals surface area contributed by atoms with Crippen molar-refractivity contribution in [2.45, 2.75) is 110 Å². The van der Waals surface area contributed by atoms with Gasteiger partial charge in [0.15, 0.2) is 0 Å². The van der Waals surface area contributed by atoms with E-state index in [1.807, 2.05) is 0 Å². The molecule has 0 aromatic rings. The maximum absolute atomic E-state index is 10.3. The molecular weight excluding hydrogens is 336 g/mol. The standard InChI is InChI=1S/C20H40O4S/c1-2-3-4-5-6-7-8-9-10-11-12-13-14-15-16-17-18-19-20-24-25(21,22)23/h9-10H,2-8,11-20H2,1H3,(H,21,22,23). The summed E-state index contributed by atoms with van der Waals surface area (Å²) in [5.41, 5.74) is 0. The molecule has 1 N–H and O–H groups in total. The molecule has 25 heavy (non-hydrogen) atoms. The molecule has 0 atom stereocenters. The van der Waals surface area contributed by atoms with Crippen LogP contribution in [0.2, 0.25) is 0 Å². The van der Waals surface area contributed by atoms with Gasteiger partial charge in [-0.25, -0.2) is 4.18 Å². The highest BCUT2D eigenvalue weighted by atomic mass is 32.3. The summed E-state index contributed by atoms with van der Waals surface area (Å²) < 4.78 is 33.4. The van der Waals surface area contributed by atoms with Gasteiger partial charge in [-0.3, -0.25) is 4.55 Å². The third-order valence-electron chi connectivity index (χ3n) is 4.39. The lowest BCUT2D eigenvalue weighted by atomic mass is 10.1. The predicted molar refractivity (Wildman–Crippen MR) is 106 cm³/mol. The van der Waals surface area contributed by atoms with E-state index < -0.39 is 10.4 Å². The first-order valence-corrected chi connectivity index (χ1v) is 11.7. The van der Waals surface area contributed by atoms with Crippen LogP contribution in [-0.2, 0) is 14.6 Å². The van der Waals surface area contributed by atoms with Crippen molar-refractivity contribution in [3.05, 3.63) is 12.2 Å². The third-order valence-corrected chi connectivity index (χ3v) is 4.85. The van der Waals surface area contributed by atoms with E-state index in [4.69, 9.17) is 4.55 Å². The van der Waals surface area contributed by atoms with Gasteiger partial charge in [0.1, 0.15) is 0 Å². The summed E-state index contributed by atoms with van der Waals surface area (Å²) in [6.07, 6.45) is 24.5. The Hall–Kier alpha value is -0.390. The Balaban J connectivity index is 3.12. The number of unbranched alkanes of at least 4 members (excludes halogenated alkanes) is 14. The summed E-state index contributed by atoms with van der Waals surface area (Å²) in [5, 5.41) is 0. The Kier molecular flexibility index (Phi) is 18.1. The van der Waals surface area contributed by atoms with Gasteiger partial charge in [-0.05, 0) is 32.1 Å². The second kappa shape index (κ2) is 18.4. The molecule has 0 aliphatic heterocycles. The molecule has 0 aromatic heterocycles. The Labute approximate surface area is 156 Å². The monoisotopic (exact) mass is 376 g/mol. The molecule has 0 saturated carbocycles. The van der Waals surface area contributed by atoms with Gasteiger partial charge in [0, 0.05) is 0 Å². The van der Waals surface area contributed by atoms with Crippen LogP contribution in [0, 0.1) is 0 Å². The van der Waals surface area contributed by atoms with E-state index in [0.29, 0.717) is 6.42 Å². The number of hydrogen-bond acceptors (Lipinski definition) is 3. The fourth-order valence-electron chi connectivity index (χ4n) is 2.87. The first-order valence-electron chi connectivity index (χ1n) is 10.3. The molecule has 0 fully saturated rings. The molecule has 0 aromatic carbocycles. The van der Waals surface area contributed by atoms with Crippen molar-refractivity contribution in [1.82, 2.24) is 0 Å². The third kappa shape index (κ3) is 23.6. The van der Waals surface area contributed by atoms with Crippen LogP contribution < -0.4 is 0 Å². The maximum Gasteiger partial charge on any atom is 0.397 e. The lowest BCUT2D eigenvalue weighted by Crippen LogP contribution is -2.04. The zero-order valence-corrected chi connectivity index (χ0v) is 17.1. The summed E-state index contributed by atoms with van der Waals surface area (Å²) in [6.45, 7) is 2.35. The van der Waals surface area contributed by atoms with Crippen molar-refractivity contribution in [1.29, 1.82) is 0 Å². The number of allylic oxidation sites excluding steroid dienone is 2. The Morgan fingerprint density at radius 3 is 1.52 bits per heavy atom. The molecule has 0 radical (unpaired) electrons. The van der Waals surface area contributed by atoms with Crippen molar-refractivity contribution in [2.75, 3.05) is 6.61 Å². The molecule has 0 bridgehead atoms. The van der Waals surface area contributed by atoms with Crippen LogP contribution in [0.3, 0.4) is 0 Å². The van der Waals surface area contributed by atoms with Crippen LogP contribution in [0.15, 0.2) is 12.2 Å². The SMILES string of the molecule is CCCCCCCCC=CCCCCCCCCCCOS(=O)(=O)O. The van der Waals surface area contributed by atoms with Gasteiger partial charge in [-0.1, -0.05) is 89.7 Å². The van der Waals surface area contributed by atoms with Crippen molar-refractivity contribution in [3.8, 4) is 0 Å². The Bertz CT molecular complexity index is 391. The smallest absolute Gasteiger partial charge is 0.264 e. The van der Waals surface area contributed by atoms with E-state index in [1.54, 1.807) is 0 Å². The highest BCUT2D eigenvalue weighted by Crippen LogP contribution is 2.11. The van der Waals surface area contributed by atoms with Gasteiger partial charge < -0.3 is 0 Å². The zero-order chi connectivity index (χ0) is 18.6. The van der Waals surface area contributed by atoms with Crippen LogP contribution in [-0.4, -0.2) is 19.6 Å². The normalized spacial score (nSPS) is 12.2. The van der Waals surface area contributed by atoms with Crippen LogP contribution in [0.25, 0.3) is 0 Å². The first kappa shape index (κ1) is 24.6. The molecule has 4 nitrogen and oxygen atoms in total. The fourth-order valence-corrected chi connectivity index (χ4v) is 3.20. The number of hydrogen-bond donors (Lipinski definition) is 1. The van der Waals surface area contributed by atoms with Gasteiger partial charge in [0.25, 0.3) is 0 Å². The van der Waals surface area contributed by atoms with Crippen molar-refractivity contribution in [3.63, 3.8) is 0 Å². The molecule has 0 heterocycles. The van der Waals surface area contributed by atoms with Crippen molar-refractivity contribution in [2.24, 2.45) is 0 Å². The molecular formula is C20H40O4S. The van der Waals surface area contributed by atoms with Crippen LogP contribution in [0.5, 0.6) is 0 Å². The van der Waals surface area contributed by atoms with Crippen molar-refractivity contribution < 1.29 is 17.2 Å². The molecule has 0 amide bonds. The quantitative estimate of drug-likeness (QED) is 0.156. The van der Waals surface area contributed by atoms with Crippen LogP contribution >= 0.6 is 0 Å². The molecule has 0 aliphatic carbocycles. The average Bonchev–Trinajstić information content (AvgIpc) is 2.56. The van der Waals surface area contributed by atoms with Gasteiger partial charge in [0.2, 0.25) is 0 Å².